The van der Waals surface area contributed by atoms with Gasteiger partial charge >= 0.3 is 0 Å². The molecule has 0 bridgehead atoms. The van der Waals surface area contributed by atoms with E-state index < -0.39 is 0 Å². The highest BCUT2D eigenvalue weighted by molar-refractivity contribution is 5.80. The minimum absolute atomic E-state index is 0.140. The molecule has 2 aliphatic rings. The number of aliphatic imine (C=N–C) groups is 1. The van der Waals surface area contributed by atoms with E-state index in [-0.39, 0.29) is 6.10 Å². The van der Waals surface area contributed by atoms with Crippen molar-refractivity contribution in [2.45, 2.75) is 18.9 Å². The second-order valence-electron chi connectivity index (χ2n) is 4.72. The highest BCUT2D eigenvalue weighted by Gasteiger charge is 2.28. The van der Waals surface area contributed by atoms with E-state index in [9.17, 15) is 0 Å². The molecule has 0 aromatic heterocycles. The summed E-state index contributed by atoms with van der Waals surface area (Å²) in [5, 5.41) is 3.37. The van der Waals surface area contributed by atoms with Crippen molar-refractivity contribution in [1.29, 1.82) is 0 Å². The average Bonchev–Trinajstić information content (AvgIpc) is 2.90. The van der Waals surface area contributed by atoms with Gasteiger partial charge in [0, 0.05) is 5.92 Å². The first-order valence-electron chi connectivity index (χ1n) is 6.40. The van der Waals surface area contributed by atoms with Crippen LogP contribution < -0.4 is 5.32 Å². The highest BCUT2D eigenvalue weighted by atomic mass is 16.5. The molecule has 2 aliphatic heterocycles. The first kappa shape index (κ1) is 10.8. The average molecular weight is 230 g/mol. The van der Waals surface area contributed by atoms with Gasteiger partial charge in [-0.3, -0.25) is 4.99 Å². The van der Waals surface area contributed by atoms with Gasteiger partial charge in [-0.1, -0.05) is 30.3 Å². The van der Waals surface area contributed by atoms with Gasteiger partial charge in [0.15, 0.2) is 5.90 Å². The van der Waals surface area contributed by atoms with Crippen LogP contribution in [0.2, 0.25) is 0 Å². The van der Waals surface area contributed by atoms with Gasteiger partial charge in [0.2, 0.25) is 0 Å². The zero-order chi connectivity index (χ0) is 11.5. The van der Waals surface area contributed by atoms with Crippen LogP contribution in [0.1, 0.15) is 24.5 Å². The molecule has 0 spiro atoms. The fourth-order valence-electron chi connectivity index (χ4n) is 2.53. The molecule has 90 valence electrons. The van der Waals surface area contributed by atoms with Crippen LogP contribution in [0.4, 0.5) is 0 Å². The van der Waals surface area contributed by atoms with E-state index in [0.717, 1.165) is 38.4 Å². The third kappa shape index (κ3) is 2.34. The van der Waals surface area contributed by atoms with E-state index in [0.29, 0.717) is 5.92 Å². The van der Waals surface area contributed by atoms with Crippen LogP contribution in [0.25, 0.3) is 0 Å². The van der Waals surface area contributed by atoms with Gasteiger partial charge in [-0.2, -0.15) is 0 Å². The van der Waals surface area contributed by atoms with E-state index in [1.54, 1.807) is 0 Å². The van der Waals surface area contributed by atoms with Gasteiger partial charge in [0.1, 0.15) is 6.10 Å². The van der Waals surface area contributed by atoms with Crippen molar-refractivity contribution in [2.75, 3.05) is 19.6 Å². The number of ether oxygens (including phenoxy) is 1. The summed E-state index contributed by atoms with van der Waals surface area (Å²) < 4.78 is 6.01. The molecular formula is C14H18N2O. The zero-order valence-corrected chi connectivity index (χ0v) is 9.93. The van der Waals surface area contributed by atoms with Crippen LogP contribution in [0.3, 0.4) is 0 Å². The Labute approximate surface area is 102 Å². The van der Waals surface area contributed by atoms with E-state index in [4.69, 9.17) is 4.74 Å². The van der Waals surface area contributed by atoms with Gasteiger partial charge in [0.25, 0.3) is 0 Å². The van der Waals surface area contributed by atoms with Crippen LogP contribution in [0.15, 0.2) is 35.3 Å². The molecule has 1 fully saturated rings. The maximum atomic E-state index is 6.01. The van der Waals surface area contributed by atoms with Crippen molar-refractivity contribution >= 4 is 5.90 Å². The summed E-state index contributed by atoms with van der Waals surface area (Å²) in [6, 6.07) is 10.4. The lowest BCUT2D eigenvalue weighted by Crippen LogP contribution is -2.32. The van der Waals surface area contributed by atoms with Gasteiger partial charge in [0.05, 0.1) is 6.54 Å². The number of benzene rings is 1. The minimum Gasteiger partial charge on any atom is -0.471 e. The van der Waals surface area contributed by atoms with Crippen molar-refractivity contribution < 1.29 is 4.74 Å². The monoisotopic (exact) mass is 230 g/mol. The van der Waals surface area contributed by atoms with Crippen molar-refractivity contribution in [2.24, 2.45) is 10.9 Å². The summed E-state index contributed by atoms with van der Waals surface area (Å²) in [7, 11) is 0. The molecule has 1 aromatic rings. The quantitative estimate of drug-likeness (QED) is 0.844. The maximum Gasteiger partial charge on any atom is 0.187 e. The van der Waals surface area contributed by atoms with Crippen LogP contribution in [0.5, 0.6) is 0 Å². The van der Waals surface area contributed by atoms with Gasteiger partial charge in [-0.25, -0.2) is 0 Å². The molecule has 0 amide bonds. The predicted octanol–water partition coefficient (Wildman–Crippen LogP) is 2.16. The van der Waals surface area contributed by atoms with E-state index in [1.807, 2.05) is 6.07 Å². The predicted molar refractivity (Wildman–Crippen MR) is 68.2 cm³/mol. The highest BCUT2D eigenvalue weighted by Crippen LogP contribution is 2.27. The van der Waals surface area contributed by atoms with Gasteiger partial charge in [-0.15, -0.1) is 0 Å². The molecule has 0 aliphatic carbocycles. The Kier molecular flexibility index (Phi) is 3.10. The lowest BCUT2D eigenvalue weighted by Gasteiger charge is -2.23. The van der Waals surface area contributed by atoms with Crippen LogP contribution in [0, 0.1) is 5.92 Å². The van der Waals surface area contributed by atoms with Gasteiger partial charge in [-0.05, 0) is 31.5 Å². The fraction of sp³-hybridized carbons (Fsp3) is 0.500. The summed E-state index contributed by atoms with van der Waals surface area (Å²) >= 11 is 0. The van der Waals surface area contributed by atoms with Gasteiger partial charge < -0.3 is 10.1 Å². The molecule has 1 unspecified atom stereocenters. The SMILES string of the molecule is c1ccc(C2CN=C(C3CCNCC3)O2)cc1. The Bertz CT molecular complexity index is 396. The van der Waals surface area contributed by atoms with Crippen molar-refractivity contribution in [1.82, 2.24) is 5.32 Å². The van der Waals surface area contributed by atoms with Crippen molar-refractivity contribution in [3.63, 3.8) is 0 Å². The Morgan fingerprint density at radius 2 is 1.88 bits per heavy atom. The molecular weight excluding hydrogens is 212 g/mol. The van der Waals surface area contributed by atoms with Crippen LogP contribution in [-0.2, 0) is 4.74 Å². The molecule has 2 heterocycles. The lowest BCUT2D eigenvalue weighted by atomic mass is 9.98. The van der Waals surface area contributed by atoms with Crippen LogP contribution in [-0.4, -0.2) is 25.5 Å². The maximum absolute atomic E-state index is 6.01. The number of hydrogen-bond acceptors (Lipinski definition) is 3. The molecule has 3 nitrogen and oxygen atoms in total. The summed E-state index contributed by atoms with van der Waals surface area (Å²) in [6.07, 6.45) is 2.45. The number of nitrogens with one attached hydrogen (secondary N) is 1. The Morgan fingerprint density at radius 3 is 2.65 bits per heavy atom. The largest absolute Gasteiger partial charge is 0.471 e. The minimum atomic E-state index is 0.140. The zero-order valence-electron chi connectivity index (χ0n) is 9.93. The Balaban J connectivity index is 1.64. The van der Waals surface area contributed by atoms with E-state index >= 15 is 0 Å². The standard InChI is InChI=1S/C14H18N2O/c1-2-4-11(5-3-1)13-10-16-14(17-13)12-6-8-15-9-7-12/h1-5,12-13,15H,6-10H2. The smallest absolute Gasteiger partial charge is 0.187 e. The number of hydrogen-bond donors (Lipinski definition) is 1. The van der Waals surface area contributed by atoms with E-state index in [1.165, 1.54) is 5.56 Å². The Hall–Kier alpha value is -1.35. The first-order valence-corrected chi connectivity index (χ1v) is 6.40. The molecule has 3 rings (SSSR count). The molecule has 0 radical (unpaired) electrons. The molecule has 0 saturated carbocycles. The summed E-state index contributed by atoms with van der Waals surface area (Å²) in [6.45, 7) is 2.95. The Morgan fingerprint density at radius 1 is 1.12 bits per heavy atom. The number of nitrogens with zero attached hydrogens (tertiary/aromatic N) is 1. The molecule has 1 N–H and O–H groups in total. The second kappa shape index (κ2) is 4.88. The van der Waals surface area contributed by atoms with E-state index in [2.05, 4.69) is 34.6 Å². The topological polar surface area (TPSA) is 33.6 Å². The molecule has 3 heteroatoms. The third-order valence-corrected chi connectivity index (χ3v) is 3.54. The molecule has 1 saturated heterocycles. The fourth-order valence-corrected chi connectivity index (χ4v) is 2.53. The van der Waals surface area contributed by atoms with Crippen molar-refractivity contribution in [3.8, 4) is 0 Å². The van der Waals surface area contributed by atoms with Crippen LogP contribution >= 0.6 is 0 Å². The molecule has 1 aromatic carbocycles. The molecule has 1 atom stereocenters. The number of rotatable bonds is 2. The van der Waals surface area contributed by atoms with Crippen molar-refractivity contribution in [3.05, 3.63) is 35.9 Å². The summed E-state index contributed by atoms with van der Waals surface area (Å²) in [4.78, 5) is 4.58. The third-order valence-electron chi connectivity index (χ3n) is 3.54. The summed E-state index contributed by atoms with van der Waals surface area (Å²) in [5.41, 5.74) is 1.24. The normalized spacial score (nSPS) is 25.4. The molecule has 17 heavy (non-hydrogen) atoms. The number of piperidine rings is 1. The first-order chi connectivity index (χ1) is 8.43. The summed E-state index contributed by atoms with van der Waals surface area (Å²) in [5.74, 6) is 1.52. The second-order valence-corrected chi connectivity index (χ2v) is 4.72. The lowest BCUT2D eigenvalue weighted by molar-refractivity contribution is 0.208.